The lowest BCUT2D eigenvalue weighted by atomic mass is 9.89. The van der Waals surface area contributed by atoms with E-state index in [0.29, 0.717) is 25.4 Å². The number of ether oxygens (including phenoxy) is 1. The number of methoxy groups -OCH3 is 1. The number of hydrogen-bond acceptors (Lipinski definition) is 5. The van der Waals surface area contributed by atoms with Gasteiger partial charge in [-0.2, -0.15) is 0 Å². The number of nitrogens with zero attached hydrogens (tertiary/aromatic N) is 3. The molecule has 0 saturated carbocycles. The Morgan fingerprint density at radius 3 is 2.64 bits per heavy atom. The smallest absolute Gasteiger partial charge is 0.317 e. The first kappa shape index (κ1) is 15.5. The standard InChI is InChI=1S/C17H18N4O4/c1-20-16(23)18-7-17(20)8-21(9-17)15(22)13-14(25-10-19-13)11-3-5-12(24-2)6-4-11/h3-6,10H,7-9H2,1-2H3,(H,18,23). The van der Waals surface area contributed by atoms with E-state index in [1.165, 1.54) is 6.39 Å². The number of hydrogen-bond donors (Lipinski definition) is 1. The van der Waals surface area contributed by atoms with Crippen LogP contribution in [0.3, 0.4) is 0 Å². The fourth-order valence-corrected chi connectivity index (χ4v) is 3.32. The highest BCUT2D eigenvalue weighted by atomic mass is 16.5. The maximum absolute atomic E-state index is 12.8. The number of oxazole rings is 1. The second kappa shape index (κ2) is 5.51. The second-order valence-electron chi connectivity index (χ2n) is 6.36. The number of likely N-dealkylation sites (N-methyl/N-ethyl adjacent to an activating group) is 1. The first-order valence-electron chi connectivity index (χ1n) is 7.93. The summed E-state index contributed by atoms with van der Waals surface area (Å²) in [6, 6.07) is 7.14. The Kier molecular flexibility index (Phi) is 3.41. The number of amides is 3. The summed E-state index contributed by atoms with van der Waals surface area (Å²) >= 11 is 0. The summed E-state index contributed by atoms with van der Waals surface area (Å²) in [4.78, 5) is 31.9. The Labute approximate surface area is 144 Å². The molecule has 3 heterocycles. The van der Waals surface area contributed by atoms with Crippen molar-refractivity contribution in [2.75, 3.05) is 33.8 Å². The van der Waals surface area contributed by atoms with E-state index in [2.05, 4.69) is 10.3 Å². The topological polar surface area (TPSA) is 87.9 Å². The minimum absolute atomic E-state index is 0.104. The van der Waals surface area contributed by atoms with Crippen LogP contribution in [0.25, 0.3) is 11.3 Å². The van der Waals surface area contributed by atoms with Gasteiger partial charge in [0, 0.05) is 32.2 Å². The Hall–Kier alpha value is -3.03. The van der Waals surface area contributed by atoms with Gasteiger partial charge in [-0.1, -0.05) is 0 Å². The van der Waals surface area contributed by atoms with E-state index in [1.807, 2.05) is 12.1 Å². The third kappa shape index (κ3) is 2.33. The van der Waals surface area contributed by atoms with Crippen molar-refractivity contribution in [3.05, 3.63) is 36.4 Å². The van der Waals surface area contributed by atoms with E-state index in [0.717, 1.165) is 11.3 Å². The van der Waals surface area contributed by atoms with Crippen molar-refractivity contribution >= 4 is 11.9 Å². The summed E-state index contributed by atoms with van der Waals surface area (Å²) in [5.41, 5.74) is 0.725. The number of benzene rings is 1. The van der Waals surface area contributed by atoms with Gasteiger partial charge in [-0.05, 0) is 24.3 Å². The van der Waals surface area contributed by atoms with Gasteiger partial charge in [-0.15, -0.1) is 0 Å². The number of nitrogens with one attached hydrogen (secondary N) is 1. The predicted octanol–water partition coefficient (Wildman–Crippen LogP) is 1.20. The molecular formula is C17H18N4O4. The summed E-state index contributed by atoms with van der Waals surface area (Å²) in [6.07, 6.45) is 1.27. The van der Waals surface area contributed by atoms with Crippen LogP contribution in [0.1, 0.15) is 10.5 Å². The molecule has 4 rings (SSSR count). The van der Waals surface area contributed by atoms with Gasteiger partial charge in [0.15, 0.2) is 17.8 Å². The summed E-state index contributed by atoms with van der Waals surface area (Å²) in [7, 11) is 3.35. The van der Waals surface area contributed by atoms with Crippen LogP contribution in [0, 0.1) is 0 Å². The maximum atomic E-state index is 12.8. The molecule has 0 aliphatic carbocycles. The van der Waals surface area contributed by atoms with Gasteiger partial charge in [-0.3, -0.25) is 4.79 Å². The van der Waals surface area contributed by atoms with Crippen molar-refractivity contribution in [1.82, 2.24) is 20.1 Å². The van der Waals surface area contributed by atoms with Gasteiger partial charge >= 0.3 is 6.03 Å². The van der Waals surface area contributed by atoms with E-state index in [-0.39, 0.29) is 23.2 Å². The highest BCUT2D eigenvalue weighted by Gasteiger charge is 2.54. The molecule has 0 bridgehead atoms. The number of rotatable bonds is 3. The van der Waals surface area contributed by atoms with Crippen LogP contribution in [0.15, 0.2) is 35.1 Å². The molecule has 8 heteroatoms. The van der Waals surface area contributed by atoms with Crippen molar-refractivity contribution in [3.8, 4) is 17.1 Å². The summed E-state index contributed by atoms with van der Waals surface area (Å²) in [5.74, 6) is 0.961. The van der Waals surface area contributed by atoms with Gasteiger partial charge in [0.2, 0.25) is 0 Å². The Bertz CT molecular complexity index is 823. The molecule has 2 aromatic rings. The summed E-state index contributed by atoms with van der Waals surface area (Å²) < 4.78 is 10.6. The largest absolute Gasteiger partial charge is 0.497 e. The Balaban J connectivity index is 1.53. The van der Waals surface area contributed by atoms with Crippen molar-refractivity contribution in [1.29, 1.82) is 0 Å². The molecule has 1 aromatic carbocycles. The van der Waals surface area contributed by atoms with E-state index in [1.54, 1.807) is 36.1 Å². The van der Waals surface area contributed by atoms with Crippen molar-refractivity contribution in [2.24, 2.45) is 0 Å². The number of likely N-dealkylation sites (tertiary alicyclic amines) is 1. The predicted molar refractivity (Wildman–Crippen MR) is 88.3 cm³/mol. The highest BCUT2D eigenvalue weighted by Crippen LogP contribution is 2.33. The zero-order valence-electron chi connectivity index (χ0n) is 14.0. The zero-order valence-corrected chi connectivity index (χ0v) is 14.0. The molecule has 2 aliphatic heterocycles. The molecule has 25 heavy (non-hydrogen) atoms. The molecular weight excluding hydrogens is 324 g/mol. The first-order valence-corrected chi connectivity index (χ1v) is 7.93. The lowest BCUT2D eigenvalue weighted by Crippen LogP contribution is -2.70. The number of urea groups is 1. The maximum Gasteiger partial charge on any atom is 0.317 e. The molecule has 0 atom stereocenters. The Morgan fingerprint density at radius 2 is 2.04 bits per heavy atom. The van der Waals surface area contributed by atoms with Crippen LogP contribution in [0.2, 0.25) is 0 Å². The van der Waals surface area contributed by atoms with Crippen LogP contribution < -0.4 is 10.1 Å². The van der Waals surface area contributed by atoms with Gasteiger partial charge in [0.1, 0.15) is 5.75 Å². The molecule has 1 aromatic heterocycles. The van der Waals surface area contributed by atoms with Crippen LogP contribution in [-0.4, -0.2) is 66.1 Å². The van der Waals surface area contributed by atoms with Crippen LogP contribution in [0.5, 0.6) is 5.75 Å². The lowest BCUT2D eigenvalue weighted by molar-refractivity contribution is 0.00741. The highest BCUT2D eigenvalue weighted by molar-refractivity contribution is 5.98. The normalized spacial score (nSPS) is 18.2. The van der Waals surface area contributed by atoms with Crippen molar-refractivity contribution in [3.63, 3.8) is 0 Å². The molecule has 1 spiro atoms. The fourth-order valence-electron chi connectivity index (χ4n) is 3.32. The van der Waals surface area contributed by atoms with Gasteiger partial charge in [0.25, 0.3) is 5.91 Å². The molecule has 1 N–H and O–H groups in total. The van der Waals surface area contributed by atoms with Gasteiger partial charge < -0.3 is 24.3 Å². The third-order valence-electron chi connectivity index (χ3n) is 4.96. The first-order chi connectivity index (χ1) is 12.0. The molecule has 0 unspecified atom stereocenters. The number of carbonyl (C=O) groups excluding carboxylic acids is 2. The number of aromatic nitrogens is 1. The average molecular weight is 342 g/mol. The molecule has 0 radical (unpaired) electrons. The second-order valence-corrected chi connectivity index (χ2v) is 6.36. The summed E-state index contributed by atoms with van der Waals surface area (Å²) in [6.45, 7) is 1.52. The average Bonchev–Trinajstić information content (AvgIpc) is 3.19. The van der Waals surface area contributed by atoms with Gasteiger partial charge in [0.05, 0.1) is 12.6 Å². The van der Waals surface area contributed by atoms with Crippen molar-refractivity contribution < 1.29 is 18.7 Å². The molecule has 8 nitrogen and oxygen atoms in total. The minimum Gasteiger partial charge on any atom is -0.497 e. The van der Waals surface area contributed by atoms with E-state index < -0.39 is 0 Å². The SMILES string of the molecule is COc1ccc(-c2ocnc2C(=O)N2CC3(CNC(=O)N3C)C2)cc1. The number of carbonyl (C=O) groups is 2. The fraction of sp³-hybridized carbons (Fsp3) is 0.353. The lowest BCUT2D eigenvalue weighted by Gasteiger charge is -2.50. The Morgan fingerprint density at radius 1 is 1.32 bits per heavy atom. The van der Waals surface area contributed by atoms with Crippen LogP contribution in [0.4, 0.5) is 4.79 Å². The van der Waals surface area contributed by atoms with Crippen molar-refractivity contribution in [2.45, 2.75) is 5.54 Å². The van der Waals surface area contributed by atoms with E-state index in [9.17, 15) is 9.59 Å². The van der Waals surface area contributed by atoms with Crippen LogP contribution in [-0.2, 0) is 0 Å². The molecule has 2 saturated heterocycles. The van der Waals surface area contributed by atoms with E-state index >= 15 is 0 Å². The molecule has 2 fully saturated rings. The zero-order chi connectivity index (χ0) is 17.6. The van der Waals surface area contributed by atoms with Crippen LogP contribution >= 0.6 is 0 Å². The van der Waals surface area contributed by atoms with E-state index in [4.69, 9.17) is 9.15 Å². The van der Waals surface area contributed by atoms with Gasteiger partial charge in [-0.25, -0.2) is 9.78 Å². The quantitative estimate of drug-likeness (QED) is 0.905. The molecule has 3 amide bonds. The molecule has 130 valence electrons. The summed E-state index contributed by atoms with van der Waals surface area (Å²) in [5, 5.41) is 2.81. The monoisotopic (exact) mass is 342 g/mol. The third-order valence-corrected chi connectivity index (χ3v) is 4.96. The molecule has 2 aliphatic rings. The minimum atomic E-state index is -0.309.